The number of ether oxygens (including phenoxy) is 1. The zero-order valence-corrected chi connectivity index (χ0v) is 9.18. The van der Waals surface area contributed by atoms with Crippen molar-refractivity contribution in [1.29, 1.82) is 0 Å². The summed E-state index contributed by atoms with van der Waals surface area (Å²) in [6.45, 7) is 5.06. The largest absolute Gasteiger partial charge is 0.377 e. The van der Waals surface area contributed by atoms with Crippen LogP contribution in [0.1, 0.15) is 39.5 Å². The Hall–Kier alpha value is -0.0800. The summed E-state index contributed by atoms with van der Waals surface area (Å²) in [6.07, 6.45) is 5.94. The molecule has 1 N–H and O–H groups in total. The third-order valence-electron chi connectivity index (χ3n) is 3.18. The van der Waals surface area contributed by atoms with E-state index < -0.39 is 0 Å². The van der Waals surface area contributed by atoms with Gasteiger partial charge < -0.3 is 10.1 Å². The molecule has 1 saturated carbocycles. The molecule has 0 aromatic heterocycles. The monoisotopic (exact) mass is 185 g/mol. The van der Waals surface area contributed by atoms with Crippen molar-refractivity contribution in [1.82, 2.24) is 5.32 Å². The van der Waals surface area contributed by atoms with Gasteiger partial charge in [0.1, 0.15) is 0 Å². The van der Waals surface area contributed by atoms with Gasteiger partial charge in [0, 0.05) is 12.6 Å². The maximum Gasteiger partial charge on any atom is 0.0699 e. The van der Waals surface area contributed by atoms with Crippen LogP contribution in [0.4, 0.5) is 0 Å². The highest BCUT2D eigenvalue weighted by atomic mass is 16.5. The molecule has 1 aliphatic rings. The van der Waals surface area contributed by atoms with Crippen molar-refractivity contribution in [3.8, 4) is 0 Å². The van der Waals surface area contributed by atoms with Gasteiger partial charge in [-0.05, 0) is 33.2 Å². The highest BCUT2D eigenvalue weighted by Gasteiger charge is 2.24. The van der Waals surface area contributed by atoms with Crippen LogP contribution in [0.3, 0.4) is 0 Å². The molecule has 2 unspecified atom stereocenters. The lowest BCUT2D eigenvalue weighted by Crippen LogP contribution is -2.40. The van der Waals surface area contributed by atoms with Crippen LogP contribution in [0.15, 0.2) is 0 Å². The van der Waals surface area contributed by atoms with Gasteiger partial charge in [0.05, 0.1) is 6.10 Å². The molecular formula is C11H23NO. The maximum absolute atomic E-state index is 5.60. The zero-order chi connectivity index (χ0) is 9.68. The van der Waals surface area contributed by atoms with Gasteiger partial charge in [-0.25, -0.2) is 0 Å². The van der Waals surface area contributed by atoms with Crippen LogP contribution >= 0.6 is 0 Å². The summed E-state index contributed by atoms with van der Waals surface area (Å²) in [5, 5.41) is 3.36. The highest BCUT2D eigenvalue weighted by Crippen LogP contribution is 2.31. The topological polar surface area (TPSA) is 21.3 Å². The first kappa shape index (κ1) is 11.0. The lowest BCUT2D eigenvalue weighted by Gasteiger charge is -2.32. The Morgan fingerprint density at radius 1 is 1.46 bits per heavy atom. The number of nitrogens with one attached hydrogen (secondary N) is 1. The molecule has 2 nitrogen and oxygen atoms in total. The molecule has 1 aliphatic carbocycles. The van der Waals surface area contributed by atoms with Gasteiger partial charge in [-0.3, -0.25) is 0 Å². The lowest BCUT2D eigenvalue weighted by atomic mass is 9.80. The summed E-state index contributed by atoms with van der Waals surface area (Å²) in [6, 6.07) is 0.547. The third kappa shape index (κ3) is 3.28. The molecule has 78 valence electrons. The molecule has 2 heteroatoms. The molecule has 0 saturated heterocycles. The SMILES string of the molecule is CCOC(C)C(CC1CCC1)NC. The van der Waals surface area contributed by atoms with Crippen LogP contribution in [0.2, 0.25) is 0 Å². The average molecular weight is 185 g/mol. The number of hydrogen-bond acceptors (Lipinski definition) is 2. The van der Waals surface area contributed by atoms with E-state index in [9.17, 15) is 0 Å². The van der Waals surface area contributed by atoms with Crippen molar-refractivity contribution in [2.75, 3.05) is 13.7 Å². The number of rotatable bonds is 6. The van der Waals surface area contributed by atoms with Gasteiger partial charge in [-0.1, -0.05) is 19.3 Å². The van der Waals surface area contributed by atoms with E-state index in [-0.39, 0.29) is 0 Å². The second kappa shape index (κ2) is 5.61. The summed E-state index contributed by atoms with van der Waals surface area (Å²) in [4.78, 5) is 0. The Morgan fingerprint density at radius 2 is 2.15 bits per heavy atom. The Balaban J connectivity index is 2.23. The van der Waals surface area contributed by atoms with E-state index in [1.165, 1.54) is 25.7 Å². The summed E-state index contributed by atoms with van der Waals surface area (Å²) in [5.74, 6) is 0.959. The van der Waals surface area contributed by atoms with E-state index in [0.717, 1.165) is 12.5 Å². The second-order valence-corrected chi connectivity index (χ2v) is 4.09. The first-order valence-corrected chi connectivity index (χ1v) is 5.56. The molecule has 0 heterocycles. The molecular weight excluding hydrogens is 162 g/mol. The molecule has 0 amide bonds. The second-order valence-electron chi connectivity index (χ2n) is 4.09. The van der Waals surface area contributed by atoms with Crippen LogP contribution in [-0.2, 0) is 4.74 Å². The van der Waals surface area contributed by atoms with Crippen LogP contribution in [0.25, 0.3) is 0 Å². The van der Waals surface area contributed by atoms with Gasteiger partial charge in [-0.15, -0.1) is 0 Å². The van der Waals surface area contributed by atoms with E-state index in [1.807, 2.05) is 7.05 Å². The Labute approximate surface area is 82.0 Å². The Kier molecular flexibility index (Phi) is 4.74. The Morgan fingerprint density at radius 3 is 2.54 bits per heavy atom. The van der Waals surface area contributed by atoms with Gasteiger partial charge >= 0.3 is 0 Å². The van der Waals surface area contributed by atoms with Gasteiger partial charge in [0.25, 0.3) is 0 Å². The minimum Gasteiger partial charge on any atom is -0.377 e. The van der Waals surface area contributed by atoms with Crippen LogP contribution in [-0.4, -0.2) is 25.8 Å². The fraction of sp³-hybridized carbons (Fsp3) is 1.00. The summed E-state index contributed by atoms with van der Waals surface area (Å²) >= 11 is 0. The predicted molar refractivity (Wildman–Crippen MR) is 55.9 cm³/mol. The summed E-state index contributed by atoms with van der Waals surface area (Å²) < 4.78 is 5.60. The predicted octanol–water partition coefficient (Wildman–Crippen LogP) is 2.19. The summed E-state index contributed by atoms with van der Waals surface area (Å²) in [5.41, 5.74) is 0. The van der Waals surface area contributed by atoms with E-state index >= 15 is 0 Å². The third-order valence-corrected chi connectivity index (χ3v) is 3.18. The van der Waals surface area contributed by atoms with Crippen molar-refractivity contribution in [2.24, 2.45) is 5.92 Å². The van der Waals surface area contributed by atoms with Crippen molar-refractivity contribution in [3.63, 3.8) is 0 Å². The smallest absolute Gasteiger partial charge is 0.0699 e. The molecule has 0 aromatic carbocycles. The molecule has 0 radical (unpaired) electrons. The first-order valence-electron chi connectivity index (χ1n) is 5.56. The van der Waals surface area contributed by atoms with Crippen molar-refractivity contribution < 1.29 is 4.74 Å². The van der Waals surface area contributed by atoms with Crippen molar-refractivity contribution in [3.05, 3.63) is 0 Å². The molecule has 1 fully saturated rings. The molecule has 13 heavy (non-hydrogen) atoms. The molecule has 2 atom stereocenters. The van der Waals surface area contributed by atoms with Crippen LogP contribution < -0.4 is 5.32 Å². The molecule has 0 aromatic rings. The van der Waals surface area contributed by atoms with E-state index in [2.05, 4.69) is 19.2 Å². The summed E-state index contributed by atoms with van der Waals surface area (Å²) in [7, 11) is 2.04. The standard InChI is InChI=1S/C11H23NO/c1-4-13-9(2)11(12-3)8-10-6-5-7-10/h9-12H,4-8H2,1-3H3. The maximum atomic E-state index is 5.60. The van der Waals surface area contributed by atoms with Gasteiger partial charge in [-0.2, -0.15) is 0 Å². The van der Waals surface area contributed by atoms with Crippen molar-refractivity contribution >= 4 is 0 Å². The fourth-order valence-electron chi connectivity index (χ4n) is 2.01. The molecule has 0 bridgehead atoms. The normalized spacial score (nSPS) is 22.4. The molecule has 0 aliphatic heterocycles. The quantitative estimate of drug-likeness (QED) is 0.685. The van der Waals surface area contributed by atoms with Crippen LogP contribution in [0, 0.1) is 5.92 Å². The Bertz CT molecular complexity index is 134. The van der Waals surface area contributed by atoms with Gasteiger partial charge in [0.15, 0.2) is 0 Å². The zero-order valence-electron chi connectivity index (χ0n) is 9.18. The van der Waals surface area contributed by atoms with Crippen molar-refractivity contribution in [2.45, 2.75) is 51.7 Å². The minimum absolute atomic E-state index is 0.357. The fourth-order valence-corrected chi connectivity index (χ4v) is 2.01. The van der Waals surface area contributed by atoms with E-state index in [1.54, 1.807) is 0 Å². The van der Waals surface area contributed by atoms with Crippen LogP contribution in [0.5, 0.6) is 0 Å². The first-order chi connectivity index (χ1) is 6.27. The lowest BCUT2D eigenvalue weighted by molar-refractivity contribution is 0.0383. The molecule has 1 rings (SSSR count). The highest BCUT2D eigenvalue weighted by molar-refractivity contribution is 4.80. The van der Waals surface area contributed by atoms with E-state index in [0.29, 0.717) is 12.1 Å². The van der Waals surface area contributed by atoms with E-state index in [4.69, 9.17) is 4.74 Å². The van der Waals surface area contributed by atoms with Gasteiger partial charge in [0.2, 0.25) is 0 Å². The number of hydrogen-bond donors (Lipinski definition) is 1. The molecule has 0 spiro atoms. The average Bonchev–Trinajstić information content (AvgIpc) is 2.03. The minimum atomic E-state index is 0.357. The number of likely N-dealkylation sites (N-methyl/N-ethyl adjacent to an activating group) is 1.